The molecule has 2 rings (SSSR count). The summed E-state index contributed by atoms with van der Waals surface area (Å²) in [4.78, 5) is 4.96. The molecule has 1 spiro atoms. The van der Waals surface area contributed by atoms with Gasteiger partial charge in [-0.2, -0.15) is 0 Å². The zero-order valence-corrected chi connectivity index (χ0v) is 8.75. The molecule has 0 bridgehead atoms. The lowest BCUT2D eigenvalue weighted by Crippen LogP contribution is -2.71. The minimum absolute atomic E-state index is 0.696. The van der Waals surface area contributed by atoms with Crippen LogP contribution >= 0.6 is 0 Å². The maximum atomic E-state index is 5.04. The Morgan fingerprint density at radius 2 is 1.92 bits per heavy atom. The predicted molar refractivity (Wildman–Crippen MR) is 52.9 cm³/mol. The SMILES string of the molecule is COCCCN1CC2(CN(C)C2)C1. The Kier molecular flexibility index (Phi) is 2.58. The van der Waals surface area contributed by atoms with E-state index in [1.807, 2.05) is 0 Å². The van der Waals surface area contributed by atoms with E-state index in [1.54, 1.807) is 7.11 Å². The van der Waals surface area contributed by atoms with Crippen molar-refractivity contribution in [2.24, 2.45) is 5.41 Å². The fourth-order valence-corrected chi connectivity index (χ4v) is 2.79. The first-order chi connectivity index (χ1) is 6.24. The highest BCUT2D eigenvalue weighted by molar-refractivity contribution is 5.04. The highest BCUT2D eigenvalue weighted by Gasteiger charge is 2.49. The molecule has 0 aromatic carbocycles. The molecule has 0 amide bonds. The van der Waals surface area contributed by atoms with Crippen LogP contribution in [0.4, 0.5) is 0 Å². The molecule has 0 saturated carbocycles. The fourth-order valence-electron chi connectivity index (χ4n) is 2.79. The van der Waals surface area contributed by atoms with E-state index in [4.69, 9.17) is 4.74 Å². The molecule has 2 aliphatic rings. The summed E-state index contributed by atoms with van der Waals surface area (Å²) in [6, 6.07) is 0. The summed E-state index contributed by atoms with van der Waals surface area (Å²) in [5, 5.41) is 0. The molecule has 0 radical (unpaired) electrons. The first-order valence-corrected chi connectivity index (χ1v) is 5.14. The summed E-state index contributed by atoms with van der Waals surface area (Å²) >= 11 is 0. The second kappa shape index (κ2) is 3.56. The topological polar surface area (TPSA) is 15.7 Å². The second-order valence-electron chi connectivity index (χ2n) is 4.73. The van der Waals surface area contributed by atoms with E-state index in [-0.39, 0.29) is 0 Å². The third-order valence-corrected chi connectivity index (χ3v) is 3.15. The second-order valence-corrected chi connectivity index (χ2v) is 4.73. The van der Waals surface area contributed by atoms with Gasteiger partial charge in [-0.3, -0.25) is 0 Å². The van der Waals surface area contributed by atoms with Crippen LogP contribution < -0.4 is 0 Å². The molecule has 0 aliphatic carbocycles. The molecule has 2 aliphatic heterocycles. The maximum absolute atomic E-state index is 5.04. The molecule has 0 atom stereocenters. The number of likely N-dealkylation sites (tertiary alicyclic amines) is 2. The Hall–Kier alpha value is -0.120. The number of ether oxygens (including phenoxy) is 1. The third kappa shape index (κ3) is 1.87. The van der Waals surface area contributed by atoms with Gasteiger partial charge >= 0.3 is 0 Å². The van der Waals surface area contributed by atoms with Gasteiger partial charge in [0.15, 0.2) is 0 Å². The van der Waals surface area contributed by atoms with E-state index in [1.165, 1.54) is 39.1 Å². The molecule has 3 nitrogen and oxygen atoms in total. The lowest BCUT2D eigenvalue weighted by Gasteiger charge is -2.59. The number of rotatable bonds is 4. The van der Waals surface area contributed by atoms with Gasteiger partial charge in [-0.1, -0.05) is 0 Å². The molecule has 0 N–H and O–H groups in total. The van der Waals surface area contributed by atoms with Crippen LogP contribution in [0.25, 0.3) is 0 Å². The lowest BCUT2D eigenvalue weighted by atomic mass is 9.73. The van der Waals surface area contributed by atoms with Crippen molar-refractivity contribution in [1.29, 1.82) is 0 Å². The van der Waals surface area contributed by atoms with Gasteiger partial charge in [-0.25, -0.2) is 0 Å². The van der Waals surface area contributed by atoms with Crippen molar-refractivity contribution in [2.45, 2.75) is 6.42 Å². The van der Waals surface area contributed by atoms with Crippen molar-refractivity contribution in [3.63, 3.8) is 0 Å². The molecule has 2 fully saturated rings. The van der Waals surface area contributed by atoms with Gasteiger partial charge in [0.1, 0.15) is 0 Å². The van der Waals surface area contributed by atoms with Crippen LogP contribution in [0.3, 0.4) is 0 Å². The molecule has 3 heteroatoms. The molecule has 2 saturated heterocycles. The molecular formula is C10H20N2O. The Labute approximate surface area is 80.6 Å². The molecule has 76 valence electrons. The van der Waals surface area contributed by atoms with Gasteiger partial charge in [-0.05, 0) is 13.5 Å². The fraction of sp³-hybridized carbons (Fsp3) is 1.00. The first-order valence-electron chi connectivity index (χ1n) is 5.14. The zero-order valence-electron chi connectivity index (χ0n) is 8.75. The number of hydrogen-bond donors (Lipinski definition) is 0. The van der Waals surface area contributed by atoms with Crippen LogP contribution in [0.15, 0.2) is 0 Å². The van der Waals surface area contributed by atoms with E-state index in [9.17, 15) is 0 Å². The average molecular weight is 184 g/mol. The summed E-state index contributed by atoms with van der Waals surface area (Å²) in [6.45, 7) is 7.40. The van der Waals surface area contributed by atoms with E-state index in [0.717, 1.165) is 6.61 Å². The third-order valence-electron chi connectivity index (χ3n) is 3.15. The van der Waals surface area contributed by atoms with Gasteiger partial charge in [0.2, 0.25) is 0 Å². The van der Waals surface area contributed by atoms with Gasteiger partial charge in [-0.15, -0.1) is 0 Å². The summed E-state index contributed by atoms with van der Waals surface area (Å²) < 4.78 is 5.04. The van der Waals surface area contributed by atoms with Crippen LogP contribution in [0.1, 0.15) is 6.42 Å². The Morgan fingerprint density at radius 1 is 1.23 bits per heavy atom. The summed E-state index contributed by atoms with van der Waals surface area (Å²) in [7, 11) is 3.98. The minimum atomic E-state index is 0.696. The minimum Gasteiger partial charge on any atom is -0.385 e. The van der Waals surface area contributed by atoms with E-state index >= 15 is 0 Å². The van der Waals surface area contributed by atoms with Crippen LogP contribution in [-0.2, 0) is 4.74 Å². The maximum Gasteiger partial charge on any atom is 0.0474 e. The lowest BCUT2D eigenvalue weighted by molar-refractivity contribution is -0.105. The van der Waals surface area contributed by atoms with Crippen molar-refractivity contribution in [1.82, 2.24) is 9.80 Å². The van der Waals surface area contributed by atoms with E-state index in [2.05, 4.69) is 16.8 Å². The van der Waals surface area contributed by atoms with Crippen LogP contribution in [0, 0.1) is 5.41 Å². The molecule has 0 unspecified atom stereocenters. The van der Waals surface area contributed by atoms with Gasteiger partial charge < -0.3 is 14.5 Å². The normalized spacial score (nSPS) is 27.2. The molecular weight excluding hydrogens is 164 g/mol. The monoisotopic (exact) mass is 184 g/mol. The summed E-state index contributed by atoms with van der Waals surface area (Å²) in [6.07, 6.45) is 1.18. The number of methoxy groups -OCH3 is 1. The van der Waals surface area contributed by atoms with Crippen LogP contribution in [0.5, 0.6) is 0 Å². The smallest absolute Gasteiger partial charge is 0.0474 e. The average Bonchev–Trinajstić information content (AvgIpc) is 1.97. The first kappa shape index (κ1) is 9.44. The van der Waals surface area contributed by atoms with Crippen molar-refractivity contribution in [3.05, 3.63) is 0 Å². The van der Waals surface area contributed by atoms with Crippen LogP contribution in [0.2, 0.25) is 0 Å². The van der Waals surface area contributed by atoms with Crippen molar-refractivity contribution >= 4 is 0 Å². The highest BCUT2D eigenvalue weighted by Crippen LogP contribution is 2.38. The van der Waals surface area contributed by atoms with Crippen molar-refractivity contribution in [2.75, 3.05) is 53.5 Å². The van der Waals surface area contributed by atoms with Gasteiger partial charge in [0, 0.05) is 51.9 Å². The quantitative estimate of drug-likeness (QED) is 0.583. The standard InChI is InChI=1S/C10H20N2O/c1-11-6-10(7-11)8-12(9-10)4-3-5-13-2/h3-9H2,1-2H3. The summed E-state index contributed by atoms with van der Waals surface area (Å²) in [5.74, 6) is 0. The van der Waals surface area contributed by atoms with Gasteiger partial charge in [0.05, 0.1) is 0 Å². The molecule has 2 heterocycles. The predicted octanol–water partition coefficient (Wildman–Crippen LogP) is 0.270. The Balaban J connectivity index is 1.57. The van der Waals surface area contributed by atoms with E-state index in [0.29, 0.717) is 5.41 Å². The Bertz CT molecular complexity index is 170. The number of nitrogens with zero attached hydrogens (tertiary/aromatic N) is 2. The molecule has 13 heavy (non-hydrogen) atoms. The zero-order chi connectivity index (χ0) is 9.31. The largest absolute Gasteiger partial charge is 0.385 e. The highest BCUT2D eigenvalue weighted by atomic mass is 16.5. The Morgan fingerprint density at radius 3 is 2.46 bits per heavy atom. The number of hydrogen-bond acceptors (Lipinski definition) is 3. The summed E-state index contributed by atoms with van der Waals surface area (Å²) in [5.41, 5.74) is 0.696. The van der Waals surface area contributed by atoms with Crippen LogP contribution in [-0.4, -0.2) is 63.3 Å². The van der Waals surface area contributed by atoms with Crippen molar-refractivity contribution < 1.29 is 4.74 Å². The van der Waals surface area contributed by atoms with Gasteiger partial charge in [0.25, 0.3) is 0 Å². The van der Waals surface area contributed by atoms with E-state index < -0.39 is 0 Å². The molecule has 0 aromatic rings. The van der Waals surface area contributed by atoms with Crippen molar-refractivity contribution in [3.8, 4) is 0 Å². The molecule has 0 aromatic heterocycles.